The first-order chi connectivity index (χ1) is 31.7. The van der Waals surface area contributed by atoms with Crippen LogP contribution in [0.25, 0.3) is 21.8 Å². The fraction of sp³-hybridized carbons (Fsp3) is 0.417. The van der Waals surface area contributed by atoms with Crippen LogP contribution >= 0.6 is 31.9 Å². The molecule has 0 spiro atoms. The molecule has 66 heavy (non-hydrogen) atoms. The van der Waals surface area contributed by atoms with Gasteiger partial charge in [0.25, 0.3) is 0 Å². The lowest BCUT2D eigenvalue weighted by molar-refractivity contribution is 0.141. The maximum atomic E-state index is 13.0. The van der Waals surface area contributed by atoms with Gasteiger partial charge in [0.2, 0.25) is 20.0 Å². The van der Waals surface area contributed by atoms with Gasteiger partial charge in [0, 0.05) is 98.3 Å². The Morgan fingerprint density at radius 1 is 0.485 bits per heavy atom. The van der Waals surface area contributed by atoms with Gasteiger partial charge in [-0.05, 0) is 114 Å². The molecular formula is C48H60Br2N10O4S2. The number of para-hydroxylation sites is 2. The third-order valence-electron chi connectivity index (χ3n) is 12.6. The Morgan fingerprint density at radius 2 is 0.803 bits per heavy atom. The molecule has 2 aromatic heterocycles. The molecule has 14 nitrogen and oxygen atoms in total. The quantitative estimate of drug-likeness (QED) is 0.103. The summed E-state index contributed by atoms with van der Waals surface area (Å²) >= 11 is 6.72. The molecule has 2 aliphatic heterocycles. The molecule has 2 fully saturated rings. The normalized spacial score (nSPS) is 16.7. The summed E-state index contributed by atoms with van der Waals surface area (Å²) in [5, 5.41) is 2.12. The third-order valence-corrected chi connectivity index (χ3v) is 17.5. The average molecular weight is 1070 g/mol. The van der Waals surface area contributed by atoms with Crippen molar-refractivity contribution in [2.24, 2.45) is 0 Å². The van der Waals surface area contributed by atoms with Crippen molar-refractivity contribution in [2.75, 3.05) is 88.3 Å². The molecule has 2 aliphatic rings. The van der Waals surface area contributed by atoms with Gasteiger partial charge in [0.05, 0.1) is 32.9 Å². The molecule has 6 aromatic rings. The first kappa shape index (κ1) is 49.8. The van der Waals surface area contributed by atoms with Crippen molar-refractivity contribution < 1.29 is 16.8 Å². The minimum atomic E-state index is -3.50. The lowest BCUT2D eigenvalue weighted by Crippen LogP contribution is -2.49. The summed E-state index contributed by atoms with van der Waals surface area (Å²) in [5.41, 5.74) is 1.88. The lowest BCUT2D eigenvalue weighted by atomic mass is 10.2. The summed E-state index contributed by atoms with van der Waals surface area (Å²) in [6.45, 7) is 20.5. The predicted molar refractivity (Wildman–Crippen MR) is 272 cm³/mol. The van der Waals surface area contributed by atoms with E-state index < -0.39 is 20.0 Å². The minimum Gasteiger partial charge on any atom is -0.357 e. The van der Waals surface area contributed by atoms with Crippen molar-refractivity contribution in [3.05, 3.63) is 118 Å². The molecule has 2 atom stereocenters. The maximum absolute atomic E-state index is 13.0. The largest absolute Gasteiger partial charge is 0.357 e. The maximum Gasteiger partial charge on any atom is 0.243 e. The first-order valence-corrected chi connectivity index (χ1v) is 27.2. The smallest absolute Gasteiger partial charge is 0.243 e. The van der Waals surface area contributed by atoms with Gasteiger partial charge in [0.15, 0.2) is 0 Å². The number of rotatable bonds is 14. The zero-order valence-electron chi connectivity index (χ0n) is 38.6. The summed E-state index contributed by atoms with van der Waals surface area (Å²) < 4.78 is 57.0. The number of anilines is 2. The van der Waals surface area contributed by atoms with Crippen molar-refractivity contribution in [3.8, 4) is 0 Å². The summed E-state index contributed by atoms with van der Waals surface area (Å²) in [6.07, 6.45) is 0. The highest BCUT2D eigenvalue weighted by Gasteiger charge is 2.33. The van der Waals surface area contributed by atoms with Crippen LogP contribution in [0.1, 0.15) is 65.3 Å². The third kappa shape index (κ3) is 10.9. The zero-order valence-corrected chi connectivity index (χ0v) is 43.4. The molecule has 2 unspecified atom stereocenters. The molecule has 0 radical (unpaired) electrons. The Morgan fingerprint density at radius 3 is 1.12 bits per heavy atom. The SMILES string of the molecule is CCN(CC)c1nc(C(C)N2CCN(S(=O)(=O)c3ccc(Br)cc3)CC2)nc2ccccc12.CCN(CC)c1nc(C(C)N2CCN(S(=O)(=O)c3ccc(Br)cc3)CC2)nc2ccccc12. The lowest BCUT2D eigenvalue weighted by Gasteiger charge is -2.37. The minimum absolute atomic E-state index is 0.0125. The Balaban J connectivity index is 0.000000196. The number of nitrogens with zero attached hydrogens (tertiary/aromatic N) is 10. The summed E-state index contributed by atoms with van der Waals surface area (Å²) in [6, 6.07) is 29.8. The van der Waals surface area contributed by atoms with Gasteiger partial charge in [-0.1, -0.05) is 56.1 Å². The van der Waals surface area contributed by atoms with E-state index in [-0.39, 0.29) is 12.1 Å². The van der Waals surface area contributed by atoms with Crippen LogP contribution < -0.4 is 9.80 Å². The summed E-state index contributed by atoms with van der Waals surface area (Å²) in [4.78, 5) is 29.4. The van der Waals surface area contributed by atoms with Gasteiger partial charge in [-0.25, -0.2) is 36.8 Å². The summed E-state index contributed by atoms with van der Waals surface area (Å²) in [5.74, 6) is 3.48. The number of hydrogen-bond donors (Lipinski definition) is 0. The van der Waals surface area contributed by atoms with E-state index in [1.807, 2.05) is 36.4 Å². The number of halogens is 2. The van der Waals surface area contributed by atoms with Gasteiger partial charge in [0.1, 0.15) is 23.3 Å². The molecule has 18 heteroatoms. The molecule has 4 heterocycles. The summed E-state index contributed by atoms with van der Waals surface area (Å²) in [7, 11) is -7.00. The standard InChI is InChI=1S/2C24H30BrN5O2S/c2*1-4-28(5-2)24-21-8-6-7-9-22(21)26-23(27-24)18(3)29-14-16-30(17-15-29)33(31,32)20-12-10-19(25)11-13-20/h2*6-13,18H,4-5,14-17H2,1-3H3. The van der Waals surface area contributed by atoms with Crippen molar-refractivity contribution in [1.82, 2.24) is 38.3 Å². The molecule has 0 aliphatic carbocycles. The van der Waals surface area contributed by atoms with Gasteiger partial charge < -0.3 is 9.80 Å². The number of sulfonamides is 2. The van der Waals surface area contributed by atoms with Gasteiger partial charge >= 0.3 is 0 Å². The molecule has 0 saturated carbocycles. The Bertz CT molecular complexity index is 2610. The van der Waals surface area contributed by atoms with E-state index in [4.69, 9.17) is 19.9 Å². The van der Waals surface area contributed by atoms with Gasteiger partial charge in [-0.3, -0.25) is 9.80 Å². The van der Waals surface area contributed by atoms with E-state index in [1.54, 1.807) is 57.1 Å². The molecule has 0 amide bonds. The second kappa shape index (κ2) is 21.9. The molecule has 4 aromatic carbocycles. The topological polar surface area (TPSA) is 139 Å². The van der Waals surface area contributed by atoms with Crippen LogP contribution in [0.3, 0.4) is 0 Å². The molecule has 352 valence electrons. The van der Waals surface area contributed by atoms with E-state index in [9.17, 15) is 16.8 Å². The van der Waals surface area contributed by atoms with E-state index in [0.29, 0.717) is 62.1 Å². The molecule has 0 bridgehead atoms. The molecule has 8 rings (SSSR count). The first-order valence-electron chi connectivity index (χ1n) is 22.7. The number of benzene rings is 4. The zero-order chi connectivity index (χ0) is 47.2. The fourth-order valence-corrected chi connectivity index (χ4v) is 11.9. The highest BCUT2D eigenvalue weighted by molar-refractivity contribution is 9.10. The van der Waals surface area contributed by atoms with Crippen LogP contribution in [-0.2, 0) is 20.0 Å². The van der Waals surface area contributed by atoms with Crippen LogP contribution in [0.5, 0.6) is 0 Å². The van der Waals surface area contributed by atoms with Gasteiger partial charge in [-0.15, -0.1) is 0 Å². The number of hydrogen-bond acceptors (Lipinski definition) is 12. The average Bonchev–Trinajstić information content (AvgIpc) is 3.34. The molecule has 2 saturated heterocycles. The van der Waals surface area contributed by atoms with Crippen LogP contribution in [0.2, 0.25) is 0 Å². The van der Waals surface area contributed by atoms with Crippen molar-refractivity contribution >= 4 is 85.3 Å². The molecular weight excluding hydrogens is 1000 g/mol. The Kier molecular flexibility index (Phi) is 16.5. The van der Waals surface area contributed by atoms with Crippen molar-refractivity contribution in [3.63, 3.8) is 0 Å². The Hall–Kier alpha value is -4.14. The monoisotopic (exact) mass is 1060 g/mol. The van der Waals surface area contributed by atoms with E-state index >= 15 is 0 Å². The highest BCUT2D eigenvalue weighted by atomic mass is 79.9. The van der Waals surface area contributed by atoms with E-state index in [2.05, 4.69) is 105 Å². The van der Waals surface area contributed by atoms with Crippen LogP contribution in [0, 0.1) is 0 Å². The van der Waals surface area contributed by atoms with E-state index in [1.165, 1.54) is 0 Å². The van der Waals surface area contributed by atoms with E-state index in [0.717, 1.165) is 80.2 Å². The van der Waals surface area contributed by atoms with Gasteiger partial charge in [-0.2, -0.15) is 8.61 Å². The molecule has 0 N–H and O–H groups in total. The second-order valence-electron chi connectivity index (χ2n) is 16.3. The van der Waals surface area contributed by atoms with Crippen LogP contribution in [0.4, 0.5) is 11.6 Å². The second-order valence-corrected chi connectivity index (χ2v) is 22.0. The Labute approximate surface area is 407 Å². The predicted octanol–water partition coefficient (Wildman–Crippen LogP) is 8.61. The number of aromatic nitrogens is 4. The highest BCUT2D eigenvalue weighted by Crippen LogP contribution is 2.31. The van der Waals surface area contributed by atoms with Crippen molar-refractivity contribution in [2.45, 2.75) is 63.4 Å². The van der Waals surface area contributed by atoms with Crippen LogP contribution in [-0.4, -0.2) is 134 Å². The fourth-order valence-electron chi connectivity index (χ4n) is 8.56. The number of fused-ring (bicyclic) bond motifs is 2. The number of piperazine rings is 2. The van der Waals surface area contributed by atoms with Crippen molar-refractivity contribution in [1.29, 1.82) is 0 Å². The van der Waals surface area contributed by atoms with Crippen LogP contribution in [0.15, 0.2) is 116 Å².